The van der Waals surface area contributed by atoms with Crippen LogP contribution in [0.4, 0.5) is 0 Å². The van der Waals surface area contributed by atoms with Crippen LogP contribution in [0.5, 0.6) is 0 Å². The Morgan fingerprint density at radius 3 is 2.65 bits per heavy atom. The standard InChI is InChI=1S/C14H31N3O2S/c1-4-17(20(3,18)19)13-7-10-15-11-9-14-8-5-6-12-16(14)2/h14-15H,4-13H2,1-3H3. The van der Waals surface area contributed by atoms with Crippen molar-refractivity contribution < 1.29 is 8.42 Å². The quantitative estimate of drug-likeness (QED) is 0.649. The number of likely N-dealkylation sites (tertiary alicyclic amines) is 1. The van der Waals surface area contributed by atoms with Gasteiger partial charge in [0.25, 0.3) is 0 Å². The van der Waals surface area contributed by atoms with Gasteiger partial charge in [-0.05, 0) is 52.4 Å². The van der Waals surface area contributed by atoms with E-state index in [1.807, 2.05) is 6.92 Å². The smallest absolute Gasteiger partial charge is 0.211 e. The van der Waals surface area contributed by atoms with Crippen LogP contribution in [0.2, 0.25) is 0 Å². The van der Waals surface area contributed by atoms with Crippen molar-refractivity contribution >= 4 is 10.0 Å². The van der Waals surface area contributed by atoms with Crippen molar-refractivity contribution in [3.63, 3.8) is 0 Å². The normalized spacial score (nSPS) is 21.5. The third-order valence-electron chi connectivity index (χ3n) is 4.16. The Labute approximate surface area is 124 Å². The third-order valence-corrected chi connectivity index (χ3v) is 5.54. The van der Waals surface area contributed by atoms with E-state index in [4.69, 9.17) is 0 Å². The average molecular weight is 305 g/mol. The van der Waals surface area contributed by atoms with E-state index in [2.05, 4.69) is 17.3 Å². The number of piperidine rings is 1. The van der Waals surface area contributed by atoms with E-state index >= 15 is 0 Å². The van der Waals surface area contributed by atoms with Crippen LogP contribution >= 0.6 is 0 Å². The minimum absolute atomic E-state index is 0.561. The summed E-state index contributed by atoms with van der Waals surface area (Å²) < 4.78 is 24.4. The molecule has 0 bridgehead atoms. The predicted molar refractivity (Wildman–Crippen MR) is 84.5 cm³/mol. The Balaban J connectivity index is 2.07. The zero-order chi connectivity index (χ0) is 15.0. The maximum atomic E-state index is 11.4. The van der Waals surface area contributed by atoms with Gasteiger partial charge in [0.15, 0.2) is 0 Å². The summed E-state index contributed by atoms with van der Waals surface area (Å²) in [5, 5.41) is 3.44. The summed E-state index contributed by atoms with van der Waals surface area (Å²) in [5.41, 5.74) is 0. The van der Waals surface area contributed by atoms with Crippen molar-refractivity contribution in [3.8, 4) is 0 Å². The first-order chi connectivity index (χ1) is 9.45. The lowest BCUT2D eigenvalue weighted by Gasteiger charge is -2.32. The zero-order valence-electron chi connectivity index (χ0n) is 13.3. The van der Waals surface area contributed by atoms with Gasteiger partial charge in [-0.25, -0.2) is 12.7 Å². The number of hydrogen-bond donors (Lipinski definition) is 1. The molecule has 1 atom stereocenters. The van der Waals surface area contributed by atoms with E-state index in [9.17, 15) is 8.42 Å². The second-order valence-corrected chi connectivity index (χ2v) is 7.76. The first-order valence-electron chi connectivity index (χ1n) is 7.81. The molecule has 1 unspecified atom stereocenters. The number of hydrogen-bond acceptors (Lipinski definition) is 4. The van der Waals surface area contributed by atoms with Crippen molar-refractivity contribution in [1.29, 1.82) is 0 Å². The largest absolute Gasteiger partial charge is 0.317 e. The average Bonchev–Trinajstić information content (AvgIpc) is 2.38. The Kier molecular flexibility index (Phi) is 8.02. The minimum Gasteiger partial charge on any atom is -0.317 e. The molecule has 0 aromatic carbocycles. The summed E-state index contributed by atoms with van der Waals surface area (Å²) in [6.45, 7) is 6.21. The number of rotatable bonds is 9. The maximum absolute atomic E-state index is 11.4. The van der Waals surface area contributed by atoms with Crippen LogP contribution in [-0.2, 0) is 10.0 Å². The van der Waals surface area contributed by atoms with Crippen molar-refractivity contribution in [2.24, 2.45) is 0 Å². The Bertz CT molecular complexity index is 359. The van der Waals surface area contributed by atoms with Crippen molar-refractivity contribution in [2.75, 3.05) is 46.0 Å². The maximum Gasteiger partial charge on any atom is 0.211 e. The molecular formula is C14H31N3O2S. The van der Waals surface area contributed by atoms with E-state index in [1.165, 1.54) is 42.8 Å². The highest BCUT2D eigenvalue weighted by molar-refractivity contribution is 7.88. The van der Waals surface area contributed by atoms with Gasteiger partial charge in [-0.2, -0.15) is 0 Å². The molecular weight excluding hydrogens is 274 g/mol. The summed E-state index contributed by atoms with van der Waals surface area (Å²) in [4.78, 5) is 2.47. The van der Waals surface area contributed by atoms with Crippen molar-refractivity contribution in [3.05, 3.63) is 0 Å². The van der Waals surface area contributed by atoms with Crippen LogP contribution in [0, 0.1) is 0 Å². The van der Waals surface area contributed by atoms with E-state index in [0.717, 1.165) is 25.6 Å². The van der Waals surface area contributed by atoms with Gasteiger partial charge in [0.1, 0.15) is 0 Å². The topological polar surface area (TPSA) is 52.6 Å². The summed E-state index contributed by atoms with van der Waals surface area (Å²) in [6, 6.07) is 0.722. The molecule has 1 rings (SSSR count). The van der Waals surface area contributed by atoms with Gasteiger partial charge < -0.3 is 10.2 Å². The van der Waals surface area contributed by atoms with Crippen LogP contribution in [0.15, 0.2) is 0 Å². The highest BCUT2D eigenvalue weighted by Gasteiger charge is 2.18. The fourth-order valence-electron chi connectivity index (χ4n) is 2.84. The summed E-state index contributed by atoms with van der Waals surface area (Å²) >= 11 is 0. The highest BCUT2D eigenvalue weighted by atomic mass is 32.2. The van der Waals surface area contributed by atoms with E-state index in [1.54, 1.807) is 0 Å². The molecule has 0 aliphatic carbocycles. The summed E-state index contributed by atoms with van der Waals surface area (Å²) in [6.07, 6.45) is 7.35. The molecule has 0 spiro atoms. The molecule has 20 heavy (non-hydrogen) atoms. The lowest BCUT2D eigenvalue weighted by molar-refractivity contribution is 0.175. The Morgan fingerprint density at radius 2 is 2.05 bits per heavy atom. The van der Waals surface area contributed by atoms with Gasteiger partial charge in [0.05, 0.1) is 6.26 Å². The van der Waals surface area contributed by atoms with Gasteiger partial charge in [-0.15, -0.1) is 0 Å². The van der Waals surface area contributed by atoms with Crippen LogP contribution in [-0.4, -0.2) is 69.7 Å². The molecule has 1 saturated heterocycles. The molecule has 1 aliphatic rings. The van der Waals surface area contributed by atoms with Gasteiger partial charge in [0, 0.05) is 19.1 Å². The molecule has 1 heterocycles. The molecule has 1 aliphatic heterocycles. The molecule has 1 fully saturated rings. The lowest BCUT2D eigenvalue weighted by atomic mass is 10.0. The van der Waals surface area contributed by atoms with Crippen molar-refractivity contribution in [1.82, 2.24) is 14.5 Å². The molecule has 0 radical (unpaired) electrons. The molecule has 5 nitrogen and oxygen atoms in total. The van der Waals surface area contributed by atoms with Crippen molar-refractivity contribution in [2.45, 2.75) is 45.1 Å². The first-order valence-corrected chi connectivity index (χ1v) is 9.66. The Hall–Kier alpha value is -0.170. The molecule has 1 N–H and O–H groups in total. The van der Waals surface area contributed by atoms with E-state index < -0.39 is 10.0 Å². The molecule has 120 valence electrons. The zero-order valence-corrected chi connectivity index (χ0v) is 14.1. The second-order valence-electron chi connectivity index (χ2n) is 5.78. The number of nitrogens with zero attached hydrogens (tertiary/aromatic N) is 2. The first kappa shape index (κ1) is 17.9. The molecule has 0 amide bonds. The van der Waals surface area contributed by atoms with E-state index in [-0.39, 0.29) is 0 Å². The van der Waals surface area contributed by atoms with Gasteiger partial charge in [-0.1, -0.05) is 13.3 Å². The molecule has 0 saturated carbocycles. The number of sulfonamides is 1. The SMILES string of the molecule is CCN(CCCNCCC1CCCCN1C)S(C)(=O)=O. The van der Waals surface area contributed by atoms with Crippen LogP contribution in [0.1, 0.15) is 39.0 Å². The highest BCUT2D eigenvalue weighted by Crippen LogP contribution is 2.16. The molecule has 0 aromatic rings. The Morgan fingerprint density at radius 1 is 1.30 bits per heavy atom. The van der Waals surface area contributed by atoms with Crippen LogP contribution < -0.4 is 5.32 Å². The summed E-state index contributed by atoms with van der Waals surface area (Å²) in [7, 11) is -0.816. The lowest BCUT2D eigenvalue weighted by Crippen LogP contribution is -2.38. The third kappa shape index (κ3) is 6.52. The summed E-state index contributed by atoms with van der Waals surface area (Å²) in [5.74, 6) is 0. The fraction of sp³-hybridized carbons (Fsp3) is 1.00. The van der Waals surface area contributed by atoms with Crippen LogP contribution in [0.3, 0.4) is 0 Å². The minimum atomic E-state index is -3.03. The molecule has 0 aromatic heterocycles. The predicted octanol–water partition coefficient (Wildman–Crippen LogP) is 1.12. The van der Waals surface area contributed by atoms with Gasteiger partial charge in [-0.3, -0.25) is 0 Å². The monoisotopic (exact) mass is 305 g/mol. The number of nitrogens with one attached hydrogen (secondary N) is 1. The van der Waals surface area contributed by atoms with Gasteiger partial charge in [0.2, 0.25) is 10.0 Å². The van der Waals surface area contributed by atoms with Crippen LogP contribution in [0.25, 0.3) is 0 Å². The molecule has 6 heteroatoms. The fourth-order valence-corrected chi connectivity index (χ4v) is 3.77. The van der Waals surface area contributed by atoms with Gasteiger partial charge >= 0.3 is 0 Å². The second kappa shape index (κ2) is 8.97. The van der Waals surface area contributed by atoms with E-state index in [0.29, 0.717) is 13.1 Å².